The number of carbonyl (C=O) groups is 6. The van der Waals surface area contributed by atoms with E-state index < -0.39 is 90.2 Å². The zero-order chi connectivity index (χ0) is 51.0. The largest absolute Gasteiger partial charge is 0.457 e. The van der Waals surface area contributed by atoms with Gasteiger partial charge in [0.2, 0.25) is 0 Å². The molecule has 0 N–H and O–H groups in total. The Hall–Kier alpha value is -3.60. The summed E-state index contributed by atoms with van der Waals surface area (Å²) in [5, 5.41) is 0. The van der Waals surface area contributed by atoms with E-state index >= 15 is 0 Å². The van der Waals surface area contributed by atoms with Crippen LogP contribution in [0.3, 0.4) is 0 Å². The molecule has 0 radical (unpaired) electrons. The fourth-order valence-corrected chi connectivity index (χ4v) is 13.5. The van der Waals surface area contributed by atoms with Gasteiger partial charge in [-0.25, -0.2) is 28.8 Å². The maximum absolute atomic E-state index is 12.9. The summed E-state index contributed by atoms with van der Waals surface area (Å²) in [5.41, 5.74) is -1.46. The normalized spacial score (nSPS) is 31.3. The number of hydrogen-bond donors (Lipinski definition) is 0. The Morgan fingerprint density at radius 2 is 0.739 bits per heavy atom. The molecule has 394 valence electrons. The first-order valence-corrected chi connectivity index (χ1v) is 25.6. The van der Waals surface area contributed by atoms with Crippen LogP contribution < -0.4 is 0 Å². The molecule has 69 heavy (non-hydrogen) atoms. The first kappa shape index (κ1) is 56.3. The molecule has 0 aromatic rings. The van der Waals surface area contributed by atoms with Gasteiger partial charge in [-0.2, -0.15) is 26.3 Å². The summed E-state index contributed by atoms with van der Waals surface area (Å²) >= 11 is 0. The van der Waals surface area contributed by atoms with Gasteiger partial charge in [-0.1, -0.05) is 40.0 Å². The molecule has 9 saturated carbocycles. The van der Waals surface area contributed by atoms with E-state index in [0.29, 0.717) is 44.4 Å². The van der Waals surface area contributed by atoms with E-state index in [0.717, 1.165) is 152 Å². The van der Waals surface area contributed by atoms with E-state index in [4.69, 9.17) is 14.2 Å². The SMILES string of the molecule is CCCC1(OC(=O)COC(=O)C(C)(F)F)C2CC3CC(C2)CC1C3.CCCCC1(OC(=O)COC(=O)C(C)(F)F)C2CC3CC(C2)CC1C3.CCCCC1(OC(=O)COC(=O)C(C)(F)F)CCCC1. The molecule has 9 fully saturated rings. The molecule has 0 spiro atoms. The number of unbranched alkanes of at least 4 members (excludes halogenated alkanes) is 2. The Balaban J connectivity index is 0.000000195. The van der Waals surface area contributed by atoms with Crippen LogP contribution in [0.25, 0.3) is 0 Å². The van der Waals surface area contributed by atoms with Gasteiger partial charge in [0.25, 0.3) is 0 Å². The molecular weight excluding hydrogens is 919 g/mol. The third-order valence-corrected chi connectivity index (χ3v) is 16.1. The van der Waals surface area contributed by atoms with Crippen molar-refractivity contribution in [3.63, 3.8) is 0 Å². The van der Waals surface area contributed by atoms with Crippen LogP contribution in [0.2, 0.25) is 0 Å². The lowest BCUT2D eigenvalue weighted by Crippen LogP contribution is -2.60. The average Bonchev–Trinajstić information content (AvgIpc) is 3.72. The standard InChI is InChI=1S/C19H28F2O4.C18H26F2O4.C14H22F2O4/c1-3-4-5-19(25-16(22)11-24-17(23)18(2,20)21)14-7-12-6-13(9-14)10-15(19)8-12;1-3-4-18(24-15(21)10-23-16(22)17(2,19)20)13-6-11-5-12(8-13)9-14(18)7-11;1-3-4-7-14(8-5-6-9-14)20-11(17)10-19-12(18)13(2,15)16/h12-15H,3-11H2,1-2H3;11-14H,3-10H2,1-2H3;3-10H2,1-2H3. The van der Waals surface area contributed by atoms with E-state index in [9.17, 15) is 55.1 Å². The second kappa shape index (κ2) is 23.3. The van der Waals surface area contributed by atoms with Gasteiger partial charge in [-0.05, 0) is 169 Å². The van der Waals surface area contributed by atoms with Crippen molar-refractivity contribution < 1.29 is 83.5 Å². The molecule has 0 amide bonds. The topological polar surface area (TPSA) is 158 Å². The molecule has 0 heterocycles. The van der Waals surface area contributed by atoms with Crippen LogP contribution in [-0.4, -0.2) is 90.2 Å². The summed E-state index contributed by atoms with van der Waals surface area (Å²) in [7, 11) is 0. The first-order chi connectivity index (χ1) is 32.3. The number of alkyl halides is 6. The van der Waals surface area contributed by atoms with Gasteiger partial charge in [0.1, 0.15) is 16.8 Å². The molecule has 0 unspecified atom stereocenters. The molecule has 0 saturated heterocycles. The summed E-state index contributed by atoms with van der Waals surface area (Å²) < 4.78 is 107. The molecule has 0 aromatic heterocycles. The molecule has 0 atom stereocenters. The van der Waals surface area contributed by atoms with E-state index in [1.807, 2.05) is 0 Å². The monoisotopic (exact) mass is 995 g/mol. The van der Waals surface area contributed by atoms with Crippen LogP contribution in [0.4, 0.5) is 26.3 Å². The second-order valence-corrected chi connectivity index (χ2v) is 21.7. The predicted octanol–water partition coefficient (Wildman–Crippen LogP) is 11.1. The molecule has 18 heteroatoms. The third kappa shape index (κ3) is 14.5. The highest BCUT2D eigenvalue weighted by Crippen LogP contribution is 2.62. The molecule has 9 rings (SSSR count). The molecule has 0 aliphatic heterocycles. The van der Waals surface area contributed by atoms with E-state index in [1.165, 1.54) is 12.8 Å². The van der Waals surface area contributed by atoms with E-state index in [2.05, 4.69) is 35.0 Å². The zero-order valence-corrected chi connectivity index (χ0v) is 41.5. The van der Waals surface area contributed by atoms with Gasteiger partial charge in [0.05, 0.1) is 0 Å². The zero-order valence-electron chi connectivity index (χ0n) is 41.5. The third-order valence-electron chi connectivity index (χ3n) is 16.1. The quantitative estimate of drug-likeness (QED) is 0.0647. The molecular formula is C51H76F6O12. The number of rotatable bonds is 20. The lowest BCUT2D eigenvalue weighted by atomic mass is 9.49. The number of halogens is 6. The molecule has 9 aliphatic carbocycles. The summed E-state index contributed by atoms with van der Waals surface area (Å²) in [4.78, 5) is 69.3. The van der Waals surface area contributed by atoms with Gasteiger partial charge in [0, 0.05) is 20.8 Å². The lowest BCUT2D eigenvalue weighted by Gasteiger charge is -2.60. The van der Waals surface area contributed by atoms with Crippen molar-refractivity contribution in [3.8, 4) is 0 Å². The fourth-order valence-electron chi connectivity index (χ4n) is 13.5. The van der Waals surface area contributed by atoms with Gasteiger partial charge in [0.15, 0.2) is 19.8 Å². The summed E-state index contributed by atoms with van der Waals surface area (Å²) in [5.74, 6) is -13.6. The highest BCUT2D eigenvalue weighted by Gasteiger charge is 2.60. The molecule has 12 nitrogen and oxygen atoms in total. The van der Waals surface area contributed by atoms with Crippen molar-refractivity contribution in [1.82, 2.24) is 0 Å². The van der Waals surface area contributed by atoms with Gasteiger partial charge in [-0.3, -0.25) is 0 Å². The van der Waals surface area contributed by atoms with E-state index in [1.54, 1.807) is 0 Å². The summed E-state index contributed by atoms with van der Waals surface area (Å²) in [6, 6.07) is 0. The summed E-state index contributed by atoms with van der Waals surface area (Å²) in [6.07, 6.45) is 22.1. The number of ether oxygens (including phenoxy) is 6. The fraction of sp³-hybridized carbons (Fsp3) is 0.882. The van der Waals surface area contributed by atoms with Crippen LogP contribution in [0, 0.1) is 47.3 Å². The Kier molecular flexibility index (Phi) is 19.0. The van der Waals surface area contributed by atoms with Crippen LogP contribution >= 0.6 is 0 Å². The van der Waals surface area contributed by atoms with Crippen LogP contribution in [0.1, 0.15) is 183 Å². The minimum atomic E-state index is -3.59. The van der Waals surface area contributed by atoms with Crippen molar-refractivity contribution in [2.24, 2.45) is 47.3 Å². The minimum absolute atomic E-state index is 0.362. The van der Waals surface area contributed by atoms with E-state index in [-0.39, 0.29) is 0 Å². The second-order valence-electron chi connectivity index (χ2n) is 21.7. The maximum atomic E-state index is 12.9. The predicted molar refractivity (Wildman–Crippen MR) is 238 cm³/mol. The highest BCUT2D eigenvalue weighted by molar-refractivity contribution is 5.82. The Morgan fingerprint density at radius 3 is 1.04 bits per heavy atom. The van der Waals surface area contributed by atoms with Gasteiger partial charge in [-0.15, -0.1) is 0 Å². The Labute approximate surface area is 403 Å². The van der Waals surface area contributed by atoms with Gasteiger partial charge < -0.3 is 28.4 Å². The Morgan fingerprint density at radius 1 is 0.435 bits per heavy atom. The number of hydrogen-bond acceptors (Lipinski definition) is 12. The minimum Gasteiger partial charge on any atom is -0.457 e. The van der Waals surface area contributed by atoms with Crippen LogP contribution in [0.5, 0.6) is 0 Å². The van der Waals surface area contributed by atoms with Crippen molar-refractivity contribution in [2.75, 3.05) is 19.8 Å². The maximum Gasteiger partial charge on any atom is 0.377 e. The van der Waals surface area contributed by atoms with Crippen molar-refractivity contribution in [2.45, 2.75) is 217 Å². The van der Waals surface area contributed by atoms with Crippen LogP contribution in [-0.2, 0) is 57.2 Å². The first-order valence-electron chi connectivity index (χ1n) is 25.6. The smallest absolute Gasteiger partial charge is 0.377 e. The van der Waals surface area contributed by atoms with Crippen molar-refractivity contribution in [1.29, 1.82) is 0 Å². The highest BCUT2D eigenvalue weighted by atomic mass is 19.3. The lowest BCUT2D eigenvalue weighted by molar-refractivity contribution is -0.217. The molecule has 0 aromatic carbocycles. The summed E-state index contributed by atoms with van der Waals surface area (Å²) in [6.45, 7) is 5.35. The average molecular weight is 995 g/mol. The molecule has 9 aliphatic rings. The van der Waals surface area contributed by atoms with Crippen LogP contribution in [0.15, 0.2) is 0 Å². The Bertz CT molecular complexity index is 1720. The number of esters is 6. The van der Waals surface area contributed by atoms with Crippen molar-refractivity contribution in [3.05, 3.63) is 0 Å². The molecule has 8 bridgehead atoms. The van der Waals surface area contributed by atoms with Crippen molar-refractivity contribution >= 4 is 35.8 Å². The van der Waals surface area contributed by atoms with Gasteiger partial charge >= 0.3 is 53.6 Å². The number of carbonyl (C=O) groups excluding carboxylic acids is 6.